The molecule has 0 saturated heterocycles. The van der Waals surface area contributed by atoms with Gasteiger partial charge in [0.15, 0.2) is 5.96 Å². The highest BCUT2D eigenvalue weighted by atomic mass is 127. The van der Waals surface area contributed by atoms with Crippen molar-refractivity contribution in [3.63, 3.8) is 0 Å². The number of ether oxygens (including phenoxy) is 3. The highest BCUT2D eigenvalue weighted by Crippen LogP contribution is 2.26. The normalized spacial score (nSPS) is 10.9. The molecule has 1 heterocycles. The number of guanidine groups is 1. The maximum Gasteiger partial charge on any atom is 0.387 e. The number of benzene rings is 1. The van der Waals surface area contributed by atoms with Gasteiger partial charge < -0.3 is 24.8 Å². The minimum absolute atomic E-state index is 0. The van der Waals surface area contributed by atoms with E-state index in [-0.39, 0.29) is 36.3 Å². The number of aromatic nitrogens is 1. The molecule has 160 valence electrons. The summed E-state index contributed by atoms with van der Waals surface area (Å²) in [5, 5.41) is 6.21. The van der Waals surface area contributed by atoms with Crippen LogP contribution < -0.4 is 24.8 Å². The zero-order valence-electron chi connectivity index (χ0n) is 16.2. The average molecular weight is 522 g/mol. The van der Waals surface area contributed by atoms with E-state index in [2.05, 4.69) is 25.3 Å². The predicted molar refractivity (Wildman–Crippen MR) is 118 cm³/mol. The standard InChI is InChI=1S/C19H24F2N4O3.HI/c1-3-23-19(24-9-10-27-16-5-4-8-22-13-16)25-12-14-11-15(26-2)6-7-17(14)28-18(20)21;/h4-8,11,13,18H,3,9-10,12H2,1-2H3,(H2,23,24,25);1H. The summed E-state index contributed by atoms with van der Waals surface area (Å²) in [7, 11) is 1.50. The van der Waals surface area contributed by atoms with E-state index in [1.165, 1.54) is 13.2 Å². The zero-order chi connectivity index (χ0) is 20.2. The van der Waals surface area contributed by atoms with Crippen LogP contribution in [-0.2, 0) is 6.54 Å². The molecule has 0 atom stereocenters. The molecule has 29 heavy (non-hydrogen) atoms. The first-order valence-corrected chi connectivity index (χ1v) is 8.79. The van der Waals surface area contributed by atoms with Gasteiger partial charge in [0.1, 0.15) is 23.9 Å². The van der Waals surface area contributed by atoms with Gasteiger partial charge in [-0.2, -0.15) is 8.78 Å². The molecule has 0 aliphatic carbocycles. The first-order chi connectivity index (χ1) is 13.6. The Labute approximate surface area is 185 Å². The highest BCUT2D eigenvalue weighted by Gasteiger charge is 2.11. The number of methoxy groups -OCH3 is 1. The molecule has 2 rings (SSSR count). The van der Waals surface area contributed by atoms with E-state index in [1.807, 2.05) is 13.0 Å². The van der Waals surface area contributed by atoms with Crippen molar-refractivity contribution in [2.45, 2.75) is 20.1 Å². The van der Waals surface area contributed by atoms with Gasteiger partial charge in [-0.3, -0.25) is 4.98 Å². The van der Waals surface area contributed by atoms with Gasteiger partial charge in [-0.05, 0) is 37.3 Å². The average Bonchev–Trinajstić information content (AvgIpc) is 2.70. The summed E-state index contributed by atoms with van der Waals surface area (Å²) >= 11 is 0. The summed E-state index contributed by atoms with van der Waals surface area (Å²) in [4.78, 5) is 8.39. The van der Waals surface area contributed by atoms with Crippen molar-refractivity contribution < 1.29 is 23.0 Å². The Hall–Kier alpha value is -2.37. The summed E-state index contributed by atoms with van der Waals surface area (Å²) < 4.78 is 40.5. The van der Waals surface area contributed by atoms with E-state index in [9.17, 15) is 8.78 Å². The second kappa shape index (κ2) is 13.7. The lowest BCUT2D eigenvalue weighted by Gasteiger charge is -2.14. The molecule has 0 spiro atoms. The molecule has 0 fully saturated rings. The fourth-order valence-electron chi connectivity index (χ4n) is 2.29. The van der Waals surface area contributed by atoms with E-state index < -0.39 is 6.61 Å². The maximum atomic E-state index is 12.6. The fraction of sp³-hybridized carbons (Fsp3) is 0.368. The Morgan fingerprint density at radius 1 is 1.21 bits per heavy atom. The first kappa shape index (κ1) is 24.7. The monoisotopic (exact) mass is 522 g/mol. The quantitative estimate of drug-likeness (QED) is 0.216. The summed E-state index contributed by atoms with van der Waals surface area (Å²) in [6, 6.07) is 8.24. The molecule has 0 aliphatic heterocycles. The topological polar surface area (TPSA) is 77.0 Å². The molecule has 0 bridgehead atoms. The van der Waals surface area contributed by atoms with Gasteiger partial charge in [0, 0.05) is 18.3 Å². The van der Waals surface area contributed by atoms with Crippen LogP contribution >= 0.6 is 24.0 Å². The van der Waals surface area contributed by atoms with Crippen LogP contribution in [0.25, 0.3) is 0 Å². The molecule has 2 aromatic rings. The smallest absolute Gasteiger partial charge is 0.387 e. The number of hydrogen-bond donors (Lipinski definition) is 2. The van der Waals surface area contributed by atoms with Crippen LogP contribution in [0.2, 0.25) is 0 Å². The van der Waals surface area contributed by atoms with E-state index in [0.29, 0.717) is 42.7 Å². The number of nitrogens with one attached hydrogen (secondary N) is 2. The number of pyridine rings is 1. The largest absolute Gasteiger partial charge is 0.497 e. The van der Waals surface area contributed by atoms with Gasteiger partial charge >= 0.3 is 6.61 Å². The number of alkyl halides is 2. The van der Waals surface area contributed by atoms with Crippen LogP contribution in [0.4, 0.5) is 8.78 Å². The highest BCUT2D eigenvalue weighted by molar-refractivity contribution is 14.0. The molecule has 2 N–H and O–H groups in total. The van der Waals surface area contributed by atoms with Crippen LogP contribution in [-0.4, -0.2) is 44.4 Å². The van der Waals surface area contributed by atoms with Crippen molar-refractivity contribution in [2.75, 3.05) is 26.8 Å². The SMILES string of the molecule is CCNC(=NCc1cc(OC)ccc1OC(F)F)NCCOc1cccnc1.I. The number of halogens is 3. The van der Waals surface area contributed by atoms with E-state index in [4.69, 9.17) is 9.47 Å². The number of hydrogen-bond acceptors (Lipinski definition) is 5. The van der Waals surface area contributed by atoms with Gasteiger partial charge in [-0.15, -0.1) is 24.0 Å². The second-order valence-electron chi connectivity index (χ2n) is 5.51. The predicted octanol–water partition coefficient (Wildman–Crippen LogP) is 3.44. The lowest BCUT2D eigenvalue weighted by molar-refractivity contribution is -0.0504. The van der Waals surface area contributed by atoms with Crippen molar-refractivity contribution in [1.29, 1.82) is 0 Å². The van der Waals surface area contributed by atoms with Crippen LogP contribution in [0.15, 0.2) is 47.7 Å². The molecule has 0 unspecified atom stereocenters. The molecule has 0 aliphatic rings. The minimum atomic E-state index is -2.91. The molecule has 1 aromatic carbocycles. The Morgan fingerprint density at radius 3 is 2.69 bits per heavy atom. The molecule has 0 amide bonds. The van der Waals surface area contributed by atoms with Gasteiger partial charge in [0.05, 0.1) is 26.4 Å². The molecule has 0 radical (unpaired) electrons. The fourth-order valence-corrected chi connectivity index (χ4v) is 2.29. The second-order valence-corrected chi connectivity index (χ2v) is 5.51. The van der Waals surface area contributed by atoms with Gasteiger partial charge in [-0.25, -0.2) is 4.99 Å². The Morgan fingerprint density at radius 2 is 2.03 bits per heavy atom. The Bertz CT molecular complexity index is 751. The third kappa shape index (κ3) is 9.11. The van der Waals surface area contributed by atoms with Gasteiger partial charge in [0.2, 0.25) is 0 Å². The molecule has 7 nitrogen and oxygen atoms in total. The lowest BCUT2D eigenvalue weighted by Crippen LogP contribution is -2.39. The van der Waals surface area contributed by atoms with Crippen molar-refractivity contribution in [2.24, 2.45) is 4.99 Å². The van der Waals surface area contributed by atoms with E-state index >= 15 is 0 Å². The molecular weight excluding hydrogens is 497 g/mol. The van der Waals surface area contributed by atoms with E-state index in [0.717, 1.165) is 0 Å². The van der Waals surface area contributed by atoms with Gasteiger partial charge in [0.25, 0.3) is 0 Å². The molecule has 1 aromatic heterocycles. The third-order valence-electron chi connectivity index (χ3n) is 3.53. The maximum absolute atomic E-state index is 12.6. The van der Waals surface area contributed by atoms with Crippen LogP contribution in [0.1, 0.15) is 12.5 Å². The molecular formula is C19H25F2IN4O3. The zero-order valence-corrected chi connectivity index (χ0v) is 18.6. The van der Waals surface area contributed by atoms with Crippen molar-refractivity contribution in [1.82, 2.24) is 15.6 Å². The molecule has 0 saturated carbocycles. The van der Waals surface area contributed by atoms with Crippen molar-refractivity contribution in [3.8, 4) is 17.2 Å². The lowest BCUT2D eigenvalue weighted by atomic mass is 10.2. The summed E-state index contributed by atoms with van der Waals surface area (Å²) in [6.07, 6.45) is 3.30. The van der Waals surface area contributed by atoms with Gasteiger partial charge in [-0.1, -0.05) is 0 Å². The Balaban J connectivity index is 0.00000420. The molecule has 10 heteroatoms. The van der Waals surface area contributed by atoms with Crippen molar-refractivity contribution in [3.05, 3.63) is 48.3 Å². The number of nitrogens with zero attached hydrogens (tertiary/aromatic N) is 2. The summed E-state index contributed by atoms with van der Waals surface area (Å²) in [5.41, 5.74) is 0.489. The van der Waals surface area contributed by atoms with Crippen LogP contribution in [0.5, 0.6) is 17.2 Å². The number of rotatable bonds is 10. The summed E-state index contributed by atoms with van der Waals surface area (Å²) in [6.45, 7) is 0.715. The summed E-state index contributed by atoms with van der Waals surface area (Å²) in [5.74, 6) is 1.81. The van der Waals surface area contributed by atoms with Crippen LogP contribution in [0, 0.1) is 0 Å². The van der Waals surface area contributed by atoms with Crippen LogP contribution in [0.3, 0.4) is 0 Å². The van der Waals surface area contributed by atoms with Crippen molar-refractivity contribution >= 4 is 29.9 Å². The Kier molecular flexibility index (Phi) is 11.7. The minimum Gasteiger partial charge on any atom is -0.497 e. The first-order valence-electron chi connectivity index (χ1n) is 8.79. The third-order valence-corrected chi connectivity index (χ3v) is 3.53. The van der Waals surface area contributed by atoms with E-state index in [1.54, 1.807) is 30.6 Å². The number of aliphatic imine (C=N–C) groups is 1.